The zero-order valence-corrected chi connectivity index (χ0v) is 12.4. The van der Waals surface area contributed by atoms with E-state index < -0.39 is 0 Å². The van der Waals surface area contributed by atoms with E-state index in [0.29, 0.717) is 18.6 Å². The molecule has 1 saturated carbocycles. The third-order valence-corrected chi connectivity index (χ3v) is 4.87. The summed E-state index contributed by atoms with van der Waals surface area (Å²) in [5, 5.41) is 3.21. The van der Waals surface area contributed by atoms with Gasteiger partial charge in [-0.05, 0) is 45.1 Å². The number of nitrogens with one attached hydrogen (secondary N) is 1. The summed E-state index contributed by atoms with van der Waals surface area (Å²) in [5.41, 5.74) is 5.88. The van der Waals surface area contributed by atoms with Crippen molar-refractivity contribution in [1.29, 1.82) is 0 Å². The van der Waals surface area contributed by atoms with Gasteiger partial charge in [0.2, 0.25) is 5.91 Å². The lowest BCUT2D eigenvalue weighted by molar-refractivity contribution is -0.128. The van der Waals surface area contributed by atoms with Crippen molar-refractivity contribution in [2.24, 2.45) is 11.7 Å². The van der Waals surface area contributed by atoms with Crippen LogP contribution in [0.5, 0.6) is 0 Å². The second-order valence-corrected chi connectivity index (χ2v) is 6.42. The Morgan fingerprint density at radius 3 is 2.68 bits per heavy atom. The normalized spacial score (nSPS) is 31.3. The Morgan fingerprint density at radius 2 is 2.05 bits per heavy atom. The van der Waals surface area contributed by atoms with E-state index in [0.717, 1.165) is 31.7 Å². The topological polar surface area (TPSA) is 58.4 Å². The van der Waals surface area contributed by atoms with Crippen molar-refractivity contribution in [3.8, 4) is 0 Å². The van der Waals surface area contributed by atoms with E-state index in [1.54, 1.807) is 0 Å². The number of hydrogen-bond donors (Lipinski definition) is 2. The first-order valence-corrected chi connectivity index (χ1v) is 7.88. The fourth-order valence-corrected chi connectivity index (χ4v) is 3.55. The minimum atomic E-state index is -0.0401. The zero-order valence-electron chi connectivity index (χ0n) is 12.4. The smallest absolute Gasteiger partial charge is 0.237 e. The van der Waals surface area contributed by atoms with Crippen molar-refractivity contribution in [1.82, 2.24) is 10.2 Å². The summed E-state index contributed by atoms with van der Waals surface area (Å²) < 4.78 is 0. The number of rotatable bonds is 4. The standard InChI is InChI=1S/C15H29N3O/c1-11-7-8-18(14(9-11)10-16)12(2)15(19)17-13-5-3-4-6-13/h11-14H,3-10,16H2,1-2H3,(H,17,19). The molecule has 1 aliphatic heterocycles. The van der Waals surface area contributed by atoms with E-state index in [4.69, 9.17) is 5.73 Å². The summed E-state index contributed by atoms with van der Waals surface area (Å²) in [6, 6.07) is 0.740. The average Bonchev–Trinajstić information content (AvgIpc) is 2.90. The van der Waals surface area contributed by atoms with Crippen LogP contribution in [0.25, 0.3) is 0 Å². The number of nitrogens with two attached hydrogens (primary N) is 1. The van der Waals surface area contributed by atoms with Crippen molar-refractivity contribution >= 4 is 5.91 Å². The molecular weight excluding hydrogens is 238 g/mol. The first kappa shape index (κ1) is 14.8. The molecule has 1 amide bonds. The van der Waals surface area contributed by atoms with Gasteiger partial charge in [-0.15, -0.1) is 0 Å². The molecule has 4 nitrogen and oxygen atoms in total. The quantitative estimate of drug-likeness (QED) is 0.811. The highest BCUT2D eigenvalue weighted by molar-refractivity contribution is 5.81. The fraction of sp³-hybridized carbons (Fsp3) is 0.933. The van der Waals surface area contributed by atoms with Crippen LogP contribution in [0.1, 0.15) is 52.4 Å². The average molecular weight is 267 g/mol. The van der Waals surface area contributed by atoms with Gasteiger partial charge in [0.1, 0.15) is 0 Å². The third-order valence-electron chi connectivity index (χ3n) is 4.87. The van der Waals surface area contributed by atoms with E-state index >= 15 is 0 Å². The SMILES string of the molecule is CC1CCN(C(C)C(=O)NC2CCCC2)C(CN)C1. The van der Waals surface area contributed by atoms with Gasteiger partial charge >= 0.3 is 0 Å². The Kier molecular flexibility index (Phi) is 5.22. The van der Waals surface area contributed by atoms with Crippen LogP contribution in [-0.4, -0.2) is 42.0 Å². The minimum absolute atomic E-state index is 0.0401. The molecule has 4 heteroatoms. The molecule has 2 aliphatic rings. The van der Waals surface area contributed by atoms with E-state index in [-0.39, 0.29) is 11.9 Å². The number of amides is 1. The van der Waals surface area contributed by atoms with Crippen LogP contribution in [0, 0.1) is 5.92 Å². The molecule has 3 unspecified atom stereocenters. The Morgan fingerprint density at radius 1 is 1.37 bits per heavy atom. The molecule has 0 radical (unpaired) electrons. The highest BCUT2D eigenvalue weighted by Gasteiger charge is 2.32. The maximum absolute atomic E-state index is 12.3. The third kappa shape index (κ3) is 3.69. The van der Waals surface area contributed by atoms with E-state index in [1.807, 2.05) is 6.92 Å². The number of likely N-dealkylation sites (tertiary alicyclic amines) is 1. The van der Waals surface area contributed by atoms with Crippen molar-refractivity contribution < 1.29 is 4.79 Å². The van der Waals surface area contributed by atoms with Crippen LogP contribution >= 0.6 is 0 Å². The van der Waals surface area contributed by atoms with E-state index in [9.17, 15) is 4.79 Å². The molecule has 0 spiro atoms. The molecule has 3 N–H and O–H groups in total. The van der Waals surface area contributed by atoms with Crippen LogP contribution in [-0.2, 0) is 4.79 Å². The molecule has 1 saturated heterocycles. The Balaban J connectivity index is 1.89. The Labute approximate surface area is 117 Å². The van der Waals surface area contributed by atoms with E-state index in [1.165, 1.54) is 19.3 Å². The van der Waals surface area contributed by atoms with Crippen LogP contribution in [0.3, 0.4) is 0 Å². The molecular formula is C15H29N3O. The van der Waals surface area contributed by atoms with Crippen molar-refractivity contribution in [3.63, 3.8) is 0 Å². The summed E-state index contributed by atoms with van der Waals surface area (Å²) in [6.45, 7) is 5.97. The molecule has 1 aliphatic carbocycles. The maximum Gasteiger partial charge on any atom is 0.237 e. The summed E-state index contributed by atoms with van der Waals surface area (Å²) in [5.74, 6) is 0.926. The van der Waals surface area contributed by atoms with Crippen molar-refractivity contribution in [2.75, 3.05) is 13.1 Å². The van der Waals surface area contributed by atoms with Crippen LogP contribution in [0.2, 0.25) is 0 Å². The van der Waals surface area contributed by atoms with E-state index in [2.05, 4.69) is 17.1 Å². The first-order valence-electron chi connectivity index (χ1n) is 7.88. The number of carbonyl (C=O) groups excluding carboxylic acids is 1. The molecule has 2 fully saturated rings. The maximum atomic E-state index is 12.3. The predicted octanol–water partition coefficient (Wildman–Crippen LogP) is 1.49. The molecule has 19 heavy (non-hydrogen) atoms. The van der Waals surface area contributed by atoms with Crippen molar-refractivity contribution in [2.45, 2.75) is 70.5 Å². The summed E-state index contributed by atoms with van der Waals surface area (Å²) in [4.78, 5) is 14.7. The highest BCUT2D eigenvalue weighted by atomic mass is 16.2. The monoisotopic (exact) mass is 267 g/mol. The second-order valence-electron chi connectivity index (χ2n) is 6.42. The Bertz CT molecular complexity index is 302. The van der Waals surface area contributed by atoms with Gasteiger partial charge in [0.25, 0.3) is 0 Å². The molecule has 2 rings (SSSR count). The lowest BCUT2D eigenvalue weighted by atomic mass is 9.91. The van der Waals surface area contributed by atoms with Gasteiger partial charge in [0.05, 0.1) is 6.04 Å². The fourth-order valence-electron chi connectivity index (χ4n) is 3.55. The molecule has 0 aromatic heterocycles. The van der Waals surface area contributed by atoms with Crippen LogP contribution < -0.4 is 11.1 Å². The predicted molar refractivity (Wildman–Crippen MR) is 77.8 cm³/mol. The summed E-state index contributed by atoms with van der Waals surface area (Å²) in [7, 11) is 0. The molecule has 0 aromatic carbocycles. The van der Waals surface area contributed by atoms with Crippen molar-refractivity contribution in [3.05, 3.63) is 0 Å². The molecule has 110 valence electrons. The van der Waals surface area contributed by atoms with Crippen LogP contribution in [0.4, 0.5) is 0 Å². The lowest BCUT2D eigenvalue weighted by Gasteiger charge is -2.41. The van der Waals surface area contributed by atoms with Gasteiger partial charge in [-0.1, -0.05) is 19.8 Å². The second kappa shape index (κ2) is 6.71. The summed E-state index contributed by atoms with van der Waals surface area (Å²) >= 11 is 0. The van der Waals surface area contributed by atoms with Gasteiger partial charge in [-0.25, -0.2) is 0 Å². The van der Waals surface area contributed by atoms with Gasteiger partial charge < -0.3 is 11.1 Å². The largest absolute Gasteiger partial charge is 0.352 e. The molecule has 1 heterocycles. The number of carbonyl (C=O) groups is 1. The van der Waals surface area contributed by atoms with Gasteiger partial charge in [0.15, 0.2) is 0 Å². The highest BCUT2D eigenvalue weighted by Crippen LogP contribution is 2.24. The number of hydrogen-bond acceptors (Lipinski definition) is 3. The van der Waals surface area contributed by atoms with Gasteiger partial charge in [-0.3, -0.25) is 9.69 Å². The lowest BCUT2D eigenvalue weighted by Crippen LogP contribution is -2.56. The number of nitrogens with zero attached hydrogens (tertiary/aromatic N) is 1. The Hall–Kier alpha value is -0.610. The molecule has 0 bridgehead atoms. The molecule has 3 atom stereocenters. The minimum Gasteiger partial charge on any atom is -0.352 e. The zero-order chi connectivity index (χ0) is 13.8. The molecule has 0 aromatic rings. The van der Waals surface area contributed by atoms with Gasteiger partial charge in [-0.2, -0.15) is 0 Å². The van der Waals surface area contributed by atoms with Gasteiger partial charge in [0, 0.05) is 18.6 Å². The van der Waals surface area contributed by atoms with Crippen LogP contribution in [0.15, 0.2) is 0 Å². The first-order chi connectivity index (χ1) is 9.11. The number of piperidine rings is 1. The summed E-state index contributed by atoms with van der Waals surface area (Å²) in [6.07, 6.45) is 7.11.